The van der Waals surface area contributed by atoms with Crippen molar-refractivity contribution in [1.29, 1.82) is 0 Å². The predicted molar refractivity (Wildman–Crippen MR) is 180 cm³/mol. The van der Waals surface area contributed by atoms with E-state index in [-0.39, 0.29) is 76.4 Å². The molecule has 4 aliphatic heterocycles. The molecule has 2 aromatic rings. The Hall–Kier alpha value is -2.54. The molecule has 4 saturated heterocycles. The van der Waals surface area contributed by atoms with E-state index in [1.54, 1.807) is 28.4 Å². The SMILES string of the molecule is COc1ccc(OC)c(C[N+]2(C)[C@@H]3CC[C@H]2CC(C(CC(=O)O)(C(=O)O)C2C[C@H]4CC[C@@H](C2)[N+]4(C)Cc2cc(OC)ccc2OC)C3)c1.[Br-].[Br-]. The number of carboxylic acid groups (broad SMARTS) is 2. The second-order valence-electron chi connectivity index (χ2n) is 15.4. The number of methoxy groups -OCH3 is 4. The molecule has 0 aromatic heterocycles. The van der Waals surface area contributed by atoms with Crippen LogP contribution in [0.2, 0.25) is 0 Å². The summed E-state index contributed by atoms with van der Waals surface area (Å²) in [4.78, 5) is 26.3. The highest BCUT2D eigenvalue weighted by molar-refractivity contribution is 5.82. The summed E-state index contributed by atoms with van der Waals surface area (Å²) in [5.41, 5.74) is 0.863. The maximum Gasteiger partial charge on any atom is 0.310 e. The molecule has 8 atom stereocenters. The number of benzene rings is 2. The maximum atomic E-state index is 13.7. The lowest BCUT2D eigenvalue weighted by atomic mass is 9.57. The highest BCUT2D eigenvalue weighted by Gasteiger charge is 2.64. The zero-order valence-corrected chi connectivity index (χ0v) is 33.4. The number of carboxylic acids is 2. The molecule has 4 fully saturated rings. The Morgan fingerprint density at radius 3 is 1.30 bits per heavy atom. The molecule has 2 aromatic carbocycles. The van der Waals surface area contributed by atoms with Crippen LogP contribution in [-0.4, -0.2) is 97.8 Å². The van der Waals surface area contributed by atoms with Crippen LogP contribution in [-0.2, 0) is 22.7 Å². The van der Waals surface area contributed by atoms with Crippen molar-refractivity contribution in [2.75, 3.05) is 42.5 Å². The Morgan fingerprint density at radius 2 is 1.02 bits per heavy atom. The van der Waals surface area contributed by atoms with Crippen molar-refractivity contribution in [3.63, 3.8) is 0 Å². The third-order valence-corrected chi connectivity index (χ3v) is 13.5. The van der Waals surface area contributed by atoms with Crippen molar-refractivity contribution >= 4 is 11.9 Å². The van der Waals surface area contributed by atoms with Crippen LogP contribution in [0, 0.1) is 17.3 Å². The molecular formula is C38H54Br2N2O8. The van der Waals surface area contributed by atoms with Crippen molar-refractivity contribution in [2.45, 2.75) is 95.0 Å². The molecule has 0 radical (unpaired) electrons. The molecule has 2 N–H and O–H groups in total. The molecule has 0 saturated carbocycles. The van der Waals surface area contributed by atoms with E-state index in [1.807, 2.05) is 36.4 Å². The summed E-state index contributed by atoms with van der Waals surface area (Å²) in [7, 11) is 11.3. The van der Waals surface area contributed by atoms with E-state index in [1.165, 1.54) is 0 Å². The smallest absolute Gasteiger partial charge is 0.310 e. The summed E-state index contributed by atoms with van der Waals surface area (Å²) in [6.45, 7) is 1.52. The molecule has 12 heteroatoms. The lowest BCUT2D eigenvalue weighted by molar-refractivity contribution is -0.963. The first-order chi connectivity index (χ1) is 22.9. The van der Waals surface area contributed by atoms with E-state index in [4.69, 9.17) is 18.9 Å². The van der Waals surface area contributed by atoms with E-state index in [0.29, 0.717) is 0 Å². The molecule has 4 bridgehead atoms. The lowest BCUT2D eigenvalue weighted by Crippen LogP contribution is -3.00. The summed E-state index contributed by atoms with van der Waals surface area (Å²) in [5, 5.41) is 21.6. The number of hydrogen-bond acceptors (Lipinski definition) is 6. The Morgan fingerprint density at radius 1 is 0.660 bits per heavy atom. The maximum absolute atomic E-state index is 13.7. The van der Waals surface area contributed by atoms with Gasteiger partial charge < -0.3 is 72.1 Å². The number of quaternary nitrogens is 2. The molecule has 4 aliphatic rings. The molecule has 0 aliphatic carbocycles. The molecule has 0 amide bonds. The van der Waals surface area contributed by atoms with Gasteiger partial charge in [-0.2, -0.15) is 0 Å². The third kappa shape index (κ3) is 6.86. The predicted octanol–water partition coefficient (Wildman–Crippen LogP) is -0.250. The van der Waals surface area contributed by atoms with Gasteiger partial charge in [0.15, 0.2) is 0 Å². The van der Waals surface area contributed by atoms with Crippen molar-refractivity contribution < 1.29 is 81.7 Å². The van der Waals surface area contributed by atoms with Gasteiger partial charge in [0.25, 0.3) is 0 Å². The van der Waals surface area contributed by atoms with Gasteiger partial charge in [-0.15, -0.1) is 0 Å². The van der Waals surface area contributed by atoms with Crippen molar-refractivity contribution in [2.24, 2.45) is 17.3 Å². The van der Waals surface area contributed by atoms with Crippen LogP contribution in [0.5, 0.6) is 23.0 Å². The largest absolute Gasteiger partial charge is 1.00 e. The highest BCUT2D eigenvalue weighted by Crippen LogP contribution is 2.59. The zero-order chi connectivity index (χ0) is 34.4. The van der Waals surface area contributed by atoms with Gasteiger partial charge in [-0.3, -0.25) is 9.59 Å². The van der Waals surface area contributed by atoms with Gasteiger partial charge in [-0.05, 0) is 48.2 Å². The van der Waals surface area contributed by atoms with Gasteiger partial charge in [0, 0.05) is 51.4 Å². The van der Waals surface area contributed by atoms with Crippen LogP contribution < -0.4 is 52.9 Å². The van der Waals surface area contributed by atoms with Gasteiger partial charge in [-0.25, -0.2) is 0 Å². The van der Waals surface area contributed by atoms with Gasteiger partial charge in [0.1, 0.15) is 36.1 Å². The van der Waals surface area contributed by atoms with E-state index in [0.717, 1.165) is 108 Å². The molecule has 4 unspecified atom stereocenters. The Kier molecular flexibility index (Phi) is 12.6. The number of rotatable bonds is 13. The normalized spacial score (nSPS) is 32.1. The summed E-state index contributed by atoms with van der Waals surface area (Å²) in [6.07, 6.45) is 6.61. The van der Waals surface area contributed by atoms with E-state index in [2.05, 4.69) is 14.1 Å². The number of ether oxygens (including phenoxy) is 4. The van der Waals surface area contributed by atoms with Crippen LogP contribution in [0.3, 0.4) is 0 Å². The van der Waals surface area contributed by atoms with E-state index >= 15 is 0 Å². The molecule has 6 rings (SSSR count). The second kappa shape index (κ2) is 15.6. The van der Waals surface area contributed by atoms with Crippen LogP contribution in [0.25, 0.3) is 0 Å². The first kappa shape index (κ1) is 40.2. The monoisotopic (exact) mass is 824 g/mol. The fraction of sp³-hybridized carbons (Fsp3) is 0.632. The fourth-order valence-electron chi connectivity index (χ4n) is 10.9. The lowest BCUT2D eigenvalue weighted by Gasteiger charge is -2.55. The van der Waals surface area contributed by atoms with Gasteiger partial charge in [0.2, 0.25) is 0 Å². The summed E-state index contributed by atoms with van der Waals surface area (Å²) in [6, 6.07) is 12.8. The van der Waals surface area contributed by atoms with Crippen LogP contribution in [0.1, 0.15) is 68.9 Å². The average Bonchev–Trinajstić information content (AvgIpc) is 3.31. The van der Waals surface area contributed by atoms with Gasteiger partial charge in [-0.1, -0.05) is 0 Å². The van der Waals surface area contributed by atoms with Crippen molar-refractivity contribution in [3.05, 3.63) is 47.5 Å². The fourth-order valence-corrected chi connectivity index (χ4v) is 10.9. The van der Waals surface area contributed by atoms with Crippen molar-refractivity contribution in [3.8, 4) is 23.0 Å². The molecule has 278 valence electrons. The quantitative estimate of drug-likeness (QED) is 0.267. The minimum absolute atomic E-state index is 0. The Labute approximate surface area is 317 Å². The summed E-state index contributed by atoms with van der Waals surface area (Å²) in [5.74, 6) is 0.908. The van der Waals surface area contributed by atoms with Crippen molar-refractivity contribution in [1.82, 2.24) is 0 Å². The Bertz CT molecular complexity index is 1410. The number of fused-ring (bicyclic) bond motifs is 4. The molecule has 4 heterocycles. The minimum atomic E-state index is -1.30. The number of halogens is 2. The summed E-state index contributed by atoms with van der Waals surface area (Å²) >= 11 is 0. The topological polar surface area (TPSA) is 112 Å². The Balaban J connectivity index is 0.00000281. The average molecular weight is 827 g/mol. The minimum Gasteiger partial charge on any atom is -1.00 e. The zero-order valence-electron chi connectivity index (χ0n) is 30.2. The van der Waals surface area contributed by atoms with Crippen LogP contribution in [0.15, 0.2) is 36.4 Å². The number of hydrogen-bond donors (Lipinski definition) is 2. The molecule has 10 nitrogen and oxygen atoms in total. The van der Waals surface area contributed by atoms with E-state index < -0.39 is 17.4 Å². The van der Waals surface area contributed by atoms with Crippen LogP contribution in [0.4, 0.5) is 0 Å². The first-order valence-corrected chi connectivity index (χ1v) is 17.5. The van der Waals surface area contributed by atoms with Gasteiger partial charge in [0.05, 0.1) is 89.7 Å². The number of aliphatic carboxylic acids is 2. The van der Waals surface area contributed by atoms with Gasteiger partial charge >= 0.3 is 11.9 Å². The second-order valence-corrected chi connectivity index (χ2v) is 15.4. The van der Waals surface area contributed by atoms with Crippen LogP contribution >= 0.6 is 0 Å². The highest BCUT2D eigenvalue weighted by atomic mass is 79.9. The number of piperidine rings is 2. The third-order valence-electron chi connectivity index (χ3n) is 13.5. The number of nitrogens with zero attached hydrogens (tertiary/aromatic N) is 2. The standard InChI is InChI=1S/C38H52N2O8.2BrH/c1-39(22-24-15-32(45-3)11-13-34(24)47-5)28-7-8-29(39)18-26(17-28)38(37(43)44,21-36(41)42)27-19-30-9-10-31(20-27)40(30,2)23-25-16-33(46-4)12-14-35(25)48-6;;/h11-16,26-31H,7-10,17-23H2,1-6H3;2*1H/t26?,27?,28-,29+,30-,31+,38?,39?,40?;;. The number of carbonyl (C=O) groups is 2. The first-order valence-electron chi connectivity index (χ1n) is 17.5. The van der Waals surface area contributed by atoms with E-state index in [9.17, 15) is 19.8 Å². The molecular weight excluding hydrogens is 772 g/mol. The molecule has 50 heavy (non-hydrogen) atoms. The molecule has 0 spiro atoms. The summed E-state index contributed by atoms with van der Waals surface area (Å²) < 4.78 is 24.2.